The number of nitrogens with zero attached hydrogens (tertiary/aromatic N) is 3. The molecular weight excluding hydrogens is 342 g/mol. The predicted molar refractivity (Wildman–Crippen MR) is 108 cm³/mol. The van der Waals surface area contributed by atoms with Gasteiger partial charge in [-0.2, -0.15) is 21.6 Å². The second kappa shape index (κ2) is 9.06. The number of benzene rings is 2. The van der Waals surface area contributed by atoms with Crippen molar-refractivity contribution in [3.8, 4) is 0 Å². The molecule has 3 aromatic rings. The number of azo groups is 1. The van der Waals surface area contributed by atoms with Crippen LogP contribution < -0.4 is 4.90 Å². The van der Waals surface area contributed by atoms with E-state index in [1.807, 2.05) is 12.1 Å². The fraction of sp³-hybridized carbons (Fsp3) is 0.190. The highest BCUT2D eigenvalue weighted by atomic mass is 32.1. The van der Waals surface area contributed by atoms with Crippen LogP contribution in [-0.2, 0) is 6.42 Å². The Morgan fingerprint density at radius 2 is 1.62 bits per heavy atom. The van der Waals surface area contributed by atoms with Gasteiger partial charge < -0.3 is 4.90 Å². The van der Waals surface area contributed by atoms with Crippen molar-refractivity contribution in [1.82, 2.24) is 0 Å². The Morgan fingerprint density at radius 3 is 2.15 bits per heavy atom. The van der Waals surface area contributed by atoms with E-state index in [2.05, 4.69) is 51.0 Å². The first-order chi connectivity index (χ1) is 12.8. The monoisotopic (exact) mass is 363 g/mol. The van der Waals surface area contributed by atoms with E-state index in [9.17, 15) is 4.79 Å². The molecule has 0 N–H and O–H groups in total. The number of thiophene rings is 1. The summed E-state index contributed by atoms with van der Waals surface area (Å²) in [6.07, 6.45) is 1.87. The molecule has 26 heavy (non-hydrogen) atoms. The Bertz CT molecular complexity index is 840. The molecule has 132 valence electrons. The van der Waals surface area contributed by atoms with Crippen LogP contribution in [0.15, 0.2) is 75.6 Å². The molecule has 0 aliphatic rings. The first kappa shape index (κ1) is 18.0. The van der Waals surface area contributed by atoms with Crippen molar-refractivity contribution >= 4 is 34.7 Å². The Labute approximate surface area is 157 Å². The van der Waals surface area contributed by atoms with Gasteiger partial charge >= 0.3 is 0 Å². The van der Waals surface area contributed by atoms with Crippen molar-refractivity contribution in [1.29, 1.82) is 0 Å². The van der Waals surface area contributed by atoms with Crippen LogP contribution in [0.25, 0.3) is 0 Å². The minimum atomic E-state index is 0.635. The molecule has 1 aromatic heterocycles. The second-order valence-corrected chi connectivity index (χ2v) is 6.67. The lowest BCUT2D eigenvalue weighted by molar-refractivity contribution is 0.112. The smallest absolute Gasteiger partial charge is 0.150 e. The molecule has 0 fully saturated rings. The summed E-state index contributed by atoms with van der Waals surface area (Å²) in [6.45, 7) is 4.13. The Kier molecular flexibility index (Phi) is 6.28. The van der Waals surface area contributed by atoms with Crippen LogP contribution in [0.3, 0.4) is 0 Å². The zero-order chi connectivity index (χ0) is 18.2. The second-order valence-electron chi connectivity index (χ2n) is 5.89. The highest BCUT2D eigenvalue weighted by Crippen LogP contribution is 2.23. The third-order valence-electron chi connectivity index (χ3n) is 4.16. The maximum Gasteiger partial charge on any atom is 0.150 e. The van der Waals surface area contributed by atoms with Crippen LogP contribution in [0, 0.1) is 0 Å². The highest BCUT2D eigenvalue weighted by molar-refractivity contribution is 7.07. The zero-order valence-corrected chi connectivity index (χ0v) is 15.5. The fourth-order valence-electron chi connectivity index (χ4n) is 2.63. The third kappa shape index (κ3) is 4.86. The first-order valence-corrected chi connectivity index (χ1v) is 9.56. The van der Waals surface area contributed by atoms with Crippen LogP contribution in [-0.4, -0.2) is 19.4 Å². The number of carbonyl (C=O) groups excluding carboxylic acids is 1. The van der Waals surface area contributed by atoms with Crippen LogP contribution in [0.1, 0.15) is 22.8 Å². The minimum absolute atomic E-state index is 0.635. The van der Waals surface area contributed by atoms with Crippen molar-refractivity contribution in [2.24, 2.45) is 10.2 Å². The van der Waals surface area contributed by atoms with Crippen LogP contribution in [0.2, 0.25) is 0 Å². The van der Waals surface area contributed by atoms with E-state index in [1.54, 1.807) is 35.6 Å². The quantitative estimate of drug-likeness (QED) is 0.361. The summed E-state index contributed by atoms with van der Waals surface area (Å²) in [4.78, 5) is 13.0. The first-order valence-electron chi connectivity index (χ1n) is 8.61. The summed E-state index contributed by atoms with van der Waals surface area (Å²) < 4.78 is 0. The van der Waals surface area contributed by atoms with Gasteiger partial charge in [-0.15, -0.1) is 0 Å². The van der Waals surface area contributed by atoms with Gasteiger partial charge in [0, 0.05) is 24.3 Å². The molecule has 0 aliphatic carbocycles. The average molecular weight is 363 g/mol. The normalized spacial score (nSPS) is 11.0. The molecule has 0 saturated carbocycles. The number of hydrogen-bond acceptors (Lipinski definition) is 5. The lowest BCUT2D eigenvalue weighted by atomic mass is 10.2. The molecule has 4 nitrogen and oxygen atoms in total. The Hall–Kier alpha value is -2.79. The maximum absolute atomic E-state index is 10.7. The van der Waals surface area contributed by atoms with Gasteiger partial charge in [0.05, 0.1) is 11.4 Å². The fourth-order valence-corrected chi connectivity index (χ4v) is 3.34. The number of anilines is 1. The average Bonchev–Trinajstić information content (AvgIpc) is 3.22. The van der Waals surface area contributed by atoms with E-state index in [0.29, 0.717) is 5.56 Å². The molecule has 0 spiro atoms. The van der Waals surface area contributed by atoms with Crippen molar-refractivity contribution in [3.63, 3.8) is 0 Å². The largest absolute Gasteiger partial charge is 0.371 e. The molecule has 3 rings (SSSR count). The van der Waals surface area contributed by atoms with E-state index in [0.717, 1.165) is 37.2 Å². The van der Waals surface area contributed by atoms with E-state index in [4.69, 9.17) is 0 Å². The van der Waals surface area contributed by atoms with Gasteiger partial charge in [-0.05, 0) is 84.3 Å². The zero-order valence-electron chi connectivity index (χ0n) is 14.7. The lowest BCUT2D eigenvalue weighted by Gasteiger charge is -2.23. The Morgan fingerprint density at radius 1 is 0.962 bits per heavy atom. The topological polar surface area (TPSA) is 45.0 Å². The van der Waals surface area contributed by atoms with E-state index in [1.165, 1.54) is 11.3 Å². The van der Waals surface area contributed by atoms with Crippen molar-refractivity contribution in [2.75, 3.05) is 18.0 Å². The molecule has 0 atom stereocenters. The molecule has 0 saturated heterocycles. The Balaban J connectivity index is 1.62. The molecule has 0 unspecified atom stereocenters. The highest BCUT2D eigenvalue weighted by Gasteiger charge is 2.05. The summed E-state index contributed by atoms with van der Waals surface area (Å²) in [6, 6.07) is 17.3. The third-order valence-corrected chi connectivity index (χ3v) is 4.89. The van der Waals surface area contributed by atoms with Gasteiger partial charge in [0.15, 0.2) is 0 Å². The molecular formula is C21H21N3OS. The van der Waals surface area contributed by atoms with Gasteiger partial charge in [-0.25, -0.2) is 0 Å². The number of rotatable bonds is 8. The standard InChI is InChI=1S/C21H21N3OS/c1-2-24(13-11-18-12-14-26-16-18)21-9-7-20(8-10-21)23-22-19-5-3-17(15-25)4-6-19/h3-10,12,14-16H,2,11,13H2,1H3. The molecule has 1 heterocycles. The van der Waals surface area contributed by atoms with Crippen molar-refractivity contribution in [3.05, 3.63) is 76.5 Å². The molecule has 2 aromatic carbocycles. The van der Waals surface area contributed by atoms with Gasteiger partial charge in [0.2, 0.25) is 0 Å². The summed E-state index contributed by atoms with van der Waals surface area (Å²) in [5.74, 6) is 0. The lowest BCUT2D eigenvalue weighted by Crippen LogP contribution is -2.25. The van der Waals surface area contributed by atoms with Crippen molar-refractivity contribution < 1.29 is 4.79 Å². The summed E-state index contributed by atoms with van der Waals surface area (Å²) in [7, 11) is 0. The van der Waals surface area contributed by atoms with Gasteiger partial charge in [-0.1, -0.05) is 0 Å². The summed E-state index contributed by atoms with van der Waals surface area (Å²) in [5.41, 5.74) is 4.75. The SMILES string of the molecule is CCN(CCc1ccsc1)c1ccc(N=Nc2ccc(C=O)cc2)cc1. The maximum atomic E-state index is 10.7. The number of carbonyl (C=O) groups is 1. The number of aldehydes is 1. The molecule has 5 heteroatoms. The molecule has 0 aliphatic heterocycles. The minimum Gasteiger partial charge on any atom is -0.371 e. The van der Waals surface area contributed by atoms with Gasteiger partial charge in [0.1, 0.15) is 6.29 Å². The predicted octanol–water partition coefficient (Wildman–Crippen LogP) is 6.05. The van der Waals surface area contributed by atoms with E-state index >= 15 is 0 Å². The molecule has 0 bridgehead atoms. The molecule has 0 amide bonds. The molecule has 0 radical (unpaired) electrons. The number of hydrogen-bond donors (Lipinski definition) is 0. The summed E-state index contributed by atoms with van der Waals surface area (Å²) >= 11 is 1.74. The van der Waals surface area contributed by atoms with Crippen LogP contribution >= 0.6 is 11.3 Å². The summed E-state index contributed by atoms with van der Waals surface area (Å²) in [5, 5.41) is 12.8. The number of likely N-dealkylation sites (N-methyl/N-ethyl adjacent to an activating group) is 1. The van der Waals surface area contributed by atoms with Gasteiger partial charge in [0.25, 0.3) is 0 Å². The van der Waals surface area contributed by atoms with Gasteiger partial charge in [-0.3, -0.25) is 4.79 Å². The van der Waals surface area contributed by atoms with E-state index in [-0.39, 0.29) is 0 Å². The van der Waals surface area contributed by atoms with Crippen LogP contribution in [0.4, 0.5) is 17.1 Å². The van der Waals surface area contributed by atoms with E-state index < -0.39 is 0 Å². The van der Waals surface area contributed by atoms with Crippen molar-refractivity contribution in [2.45, 2.75) is 13.3 Å². The van der Waals surface area contributed by atoms with Crippen LogP contribution in [0.5, 0.6) is 0 Å².